The summed E-state index contributed by atoms with van der Waals surface area (Å²) in [5.74, 6) is 0.161. The molecule has 8 heteroatoms. The van der Waals surface area contributed by atoms with Crippen molar-refractivity contribution in [1.82, 2.24) is 4.90 Å². The lowest BCUT2D eigenvalue weighted by Crippen LogP contribution is -2.38. The lowest BCUT2D eigenvalue weighted by atomic mass is 9.89. The monoisotopic (exact) mass is 458 g/mol. The van der Waals surface area contributed by atoms with Crippen LogP contribution >= 0.6 is 22.9 Å². The molecule has 1 heterocycles. The molecule has 1 unspecified atom stereocenters. The summed E-state index contributed by atoms with van der Waals surface area (Å²) in [7, 11) is 0. The number of aryl methyl sites for hydroxylation is 1. The number of hydrogen-bond acceptors (Lipinski definition) is 5. The fourth-order valence-corrected chi connectivity index (χ4v) is 5.28. The van der Waals surface area contributed by atoms with Gasteiger partial charge in [0.05, 0.1) is 18.7 Å². The van der Waals surface area contributed by atoms with Crippen LogP contribution < -0.4 is 10.6 Å². The van der Waals surface area contributed by atoms with E-state index in [1.165, 1.54) is 16.2 Å². The van der Waals surface area contributed by atoms with Crippen LogP contribution in [0.2, 0.25) is 5.02 Å². The standard InChI is InChI=1S/C23H27ClN4O2S/c1-4-28(12-21(29)26-19-10-16(24)7-6-15(19)3)13-22(30)27-23-18(11-25)17-8-5-14(2)9-20(17)31-23/h6-7,10,14H,4-5,8-9,12-13H2,1-3H3,(H,26,29)(H,27,30). The molecule has 2 aromatic rings. The Kier molecular flexibility index (Phi) is 7.71. The topological polar surface area (TPSA) is 85.2 Å². The fourth-order valence-electron chi connectivity index (χ4n) is 3.73. The van der Waals surface area contributed by atoms with Gasteiger partial charge in [-0.1, -0.05) is 31.5 Å². The Labute approximate surface area is 192 Å². The average molecular weight is 459 g/mol. The molecule has 0 bridgehead atoms. The second kappa shape index (κ2) is 10.3. The van der Waals surface area contributed by atoms with Crippen LogP contribution in [-0.4, -0.2) is 36.3 Å². The van der Waals surface area contributed by atoms with Crippen molar-refractivity contribution in [2.45, 2.75) is 40.0 Å². The number of hydrogen-bond donors (Lipinski definition) is 2. The van der Waals surface area contributed by atoms with E-state index in [0.717, 1.165) is 30.4 Å². The molecule has 1 aromatic heterocycles. The predicted octanol–water partition coefficient (Wildman–Crippen LogP) is 4.61. The van der Waals surface area contributed by atoms with E-state index < -0.39 is 0 Å². The highest BCUT2D eigenvalue weighted by Crippen LogP contribution is 2.39. The maximum atomic E-state index is 12.7. The van der Waals surface area contributed by atoms with Crippen molar-refractivity contribution in [2.75, 3.05) is 30.3 Å². The Hall–Kier alpha value is -2.40. The quantitative estimate of drug-likeness (QED) is 0.634. The second-order valence-electron chi connectivity index (χ2n) is 8.03. The van der Waals surface area contributed by atoms with Crippen LogP contribution in [0.1, 0.15) is 41.8 Å². The van der Waals surface area contributed by atoms with E-state index in [4.69, 9.17) is 11.6 Å². The highest BCUT2D eigenvalue weighted by Gasteiger charge is 2.25. The molecule has 0 saturated carbocycles. The van der Waals surface area contributed by atoms with Crippen molar-refractivity contribution in [1.29, 1.82) is 5.26 Å². The van der Waals surface area contributed by atoms with Gasteiger partial charge in [0.1, 0.15) is 11.1 Å². The number of fused-ring (bicyclic) bond motifs is 1. The number of carbonyl (C=O) groups is 2. The number of rotatable bonds is 7. The Balaban J connectivity index is 1.61. The van der Waals surface area contributed by atoms with Gasteiger partial charge >= 0.3 is 0 Å². The van der Waals surface area contributed by atoms with Crippen molar-refractivity contribution in [3.05, 3.63) is 44.8 Å². The van der Waals surface area contributed by atoms with E-state index in [1.54, 1.807) is 17.0 Å². The zero-order valence-electron chi connectivity index (χ0n) is 18.0. The number of anilines is 2. The summed E-state index contributed by atoms with van der Waals surface area (Å²) in [4.78, 5) is 28.1. The Bertz CT molecular complexity index is 1030. The summed E-state index contributed by atoms with van der Waals surface area (Å²) in [6.07, 6.45) is 2.90. The molecule has 31 heavy (non-hydrogen) atoms. The van der Waals surface area contributed by atoms with Crippen molar-refractivity contribution in [2.24, 2.45) is 5.92 Å². The smallest absolute Gasteiger partial charge is 0.239 e. The van der Waals surface area contributed by atoms with Crippen LogP contribution in [-0.2, 0) is 22.4 Å². The number of nitrogens with one attached hydrogen (secondary N) is 2. The van der Waals surface area contributed by atoms with Gasteiger partial charge in [-0.2, -0.15) is 5.26 Å². The van der Waals surface area contributed by atoms with Gasteiger partial charge in [0.2, 0.25) is 11.8 Å². The third-order valence-electron chi connectivity index (χ3n) is 5.53. The van der Waals surface area contributed by atoms with Crippen molar-refractivity contribution in [3.8, 4) is 6.07 Å². The highest BCUT2D eigenvalue weighted by atomic mass is 35.5. The predicted molar refractivity (Wildman–Crippen MR) is 126 cm³/mol. The van der Waals surface area contributed by atoms with Gasteiger partial charge in [0, 0.05) is 15.6 Å². The molecule has 3 rings (SSSR count). The maximum Gasteiger partial charge on any atom is 0.239 e. The largest absolute Gasteiger partial charge is 0.325 e. The Morgan fingerprint density at radius 3 is 2.68 bits per heavy atom. The molecule has 0 aliphatic heterocycles. The minimum Gasteiger partial charge on any atom is -0.325 e. The SMILES string of the molecule is CCN(CC(=O)Nc1cc(Cl)ccc1C)CC(=O)Nc1sc2c(c1C#N)CCC(C)C2. The van der Waals surface area contributed by atoms with Crippen LogP contribution in [0.3, 0.4) is 0 Å². The van der Waals surface area contributed by atoms with Crippen LogP contribution in [0.25, 0.3) is 0 Å². The number of carbonyl (C=O) groups excluding carboxylic acids is 2. The number of benzene rings is 1. The Morgan fingerprint density at radius 1 is 1.29 bits per heavy atom. The minimum absolute atomic E-state index is 0.0717. The van der Waals surface area contributed by atoms with E-state index in [0.29, 0.717) is 33.7 Å². The van der Waals surface area contributed by atoms with Gasteiger partial charge in [0.25, 0.3) is 0 Å². The number of likely N-dealkylation sites (N-methyl/N-ethyl adjacent to an activating group) is 1. The third kappa shape index (κ3) is 5.85. The molecular weight excluding hydrogens is 432 g/mol. The molecule has 1 aliphatic rings. The molecule has 0 saturated heterocycles. The third-order valence-corrected chi connectivity index (χ3v) is 6.94. The number of nitriles is 1. The van der Waals surface area contributed by atoms with Crippen LogP contribution in [0.15, 0.2) is 18.2 Å². The van der Waals surface area contributed by atoms with Gasteiger partial charge in [-0.15, -0.1) is 11.3 Å². The summed E-state index contributed by atoms with van der Waals surface area (Å²) >= 11 is 7.52. The Morgan fingerprint density at radius 2 is 2.00 bits per heavy atom. The first kappa shape index (κ1) is 23.3. The van der Waals surface area contributed by atoms with Crippen molar-refractivity contribution in [3.63, 3.8) is 0 Å². The van der Waals surface area contributed by atoms with Crippen molar-refractivity contribution < 1.29 is 9.59 Å². The summed E-state index contributed by atoms with van der Waals surface area (Å²) in [5.41, 5.74) is 3.26. The first-order valence-corrected chi connectivity index (χ1v) is 11.6. The van der Waals surface area contributed by atoms with Gasteiger partial charge in [-0.25, -0.2) is 0 Å². The molecule has 1 aromatic carbocycles. The molecular formula is C23H27ClN4O2S. The summed E-state index contributed by atoms with van der Waals surface area (Å²) in [6, 6.07) is 7.59. The summed E-state index contributed by atoms with van der Waals surface area (Å²) < 4.78 is 0. The van der Waals surface area contributed by atoms with Crippen LogP contribution in [0.5, 0.6) is 0 Å². The maximum absolute atomic E-state index is 12.7. The normalized spacial score (nSPS) is 15.3. The summed E-state index contributed by atoms with van der Waals surface area (Å²) in [5, 5.41) is 16.5. The lowest BCUT2D eigenvalue weighted by Gasteiger charge is -2.19. The van der Waals surface area contributed by atoms with Crippen molar-refractivity contribution >= 4 is 45.4 Å². The van der Waals surface area contributed by atoms with Crippen LogP contribution in [0.4, 0.5) is 10.7 Å². The average Bonchev–Trinajstić information content (AvgIpc) is 3.05. The van der Waals surface area contributed by atoms with Gasteiger partial charge in [0.15, 0.2) is 0 Å². The molecule has 2 N–H and O–H groups in total. The number of thiophene rings is 1. The number of nitrogens with zero attached hydrogens (tertiary/aromatic N) is 2. The highest BCUT2D eigenvalue weighted by molar-refractivity contribution is 7.16. The number of amides is 2. The van der Waals surface area contributed by atoms with E-state index in [1.807, 2.05) is 19.9 Å². The molecule has 2 amide bonds. The second-order valence-corrected chi connectivity index (χ2v) is 9.57. The molecule has 0 radical (unpaired) electrons. The molecule has 0 spiro atoms. The van der Waals surface area contributed by atoms with Gasteiger partial charge in [-0.05, 0) is 61.9 Å². The van der Waals surface area contributed by atoms with Crippen LogP contribution in [0, 0.1) is 24.2 Å². The zero-order chi connectivity index (χ0) is 22.5. The first-order chi connectivity index (χ1) is 14.8. The lowest BCUT2D eigenvalue weighted by molar-refractivity contribution is -0.119. The summed E-state index contributed by atoms with van der Waals surface area (Å²) in [6.45, 7) is 6.70. The molecule has 164 valence electrons. The van der Waals surface area contributed by atoms with Gasteiger partial charge < -0.3 is 10.6 Å². The van der Waals surface area contributed by atoms with E-state index >= 15 is 0 Å². The number of halogens is 1. The zero-order valence-corrected chi connectivity index (χ0v) is 19.6. The molecule has 1 atom stereocenters. The minimum atomic E-state index is -0.225. The van der Waals surface area contributed by atoms with E-state index in [-0.39, 0.29) is 24.9 Å². The molecule has 6 nitrogen and oxygen atoms in total. The molecule has 1 aliphatic carbocycles. The van der Waals surface area contributed by atoms with Gasteiger partial charge in [-0.3, -0.25) is 14.5 Å². The van der Waals surface area contributed by atoms with E-state index in [9.17, 15) is 14.9 Å². The van der Waals surface area contributed by atoms with E-state index in [2.05, 4.69) is 23.6 Å². The molecule has 0 fully saturated rings. The fraction of sp³-hybridized carbons (Fsp3) is 0.435. The first-order valence-electron chi connectivity index (χ1n) is 10.4.